The van der Waals surface area contributed by atoms with Crippen molar-refractivity contribution in [1.82, 2.24) is 15.0 Å². The van der Waals surface area contributed by atoms with Crippen LogP contribution < -0.4 is 15.1 Å². The number of hydrogen-bond donors (Lipinski definition) is 1. The smallest absolute Gasteiger partial charge is 0.246 e. The predicted octanol–water partition coefficient (Wildman–Crippen LogP) is 0.913. The number of anilines is 3. The van der Waals surface area contributed by atoms with Gasteiger partial charge in [0.2, 0.25) is 5.91 Å². The van der Waals surface area contributed by atoms with Crippen LogP contribution >= 0.6 is 0 Å². The highest BCUT2D eigenvalue weighted by molar-refractivity contribution is 5.97. The Bertz CT molecular complexity index is 709. The van der Waals surface area contributed by atoms with E-state index in [4.69, 9.17) is 4.74 Å². The number of likely N-dealkylation sites (N-methyl/N-ethyl adjacent to an activating group) is 1. The molecule has 0 radical (unpaired) electrons. The van der Waals surface area contributed by atoms with E-state index in [0.29, 0.717) is 25.5 Å². The summed E-state index contributed by atoms with van der Waals surface area (Å²) in [6.07, 6.45) is 4.88. The highest BCUT2D eigenvalue weighted by Crippen LogP contribution is 2.29. The van der Waals surface area contributed by atoms with Crippen molar-refractivity contribution in [3.8, 4) is 0 Å². The molecule has 3 heterocycles. The molecule has 8 nitrogen and oxygen atoms in total. The number of nitrogens with one attached hydrogen (secondary N) is 1. The number of carbonyl (C=O) groups excluding carboxylic acids is 1. The lowest BCUT2D eigenvalue weighted by molar-refractivity contribution is -0.117. The lowest BCUT2D eigenvalue weighted by Crippen LogP contribution is -2.35. The molecule has 2 aromatic rings. The van der Waals surface area contributed by atoms with Crippen molar-refractivity contribution in [2.45, 2.75) is 6.54 Å². The maximum absolute atomic E-state index is 12.6. The minimum atomic E-state index is -0.00802. The van der Waals surface area contributed by atoms with Crippen LogP contribution in [0.15, 0.2) is 30.9 Å². The van der Waals surface area contributed by atoms with Crippen LogP contribution in [0.4, 0.5) is 17.3 Å². The summed E-state index contributed by atoms with van der Waals surface area (Å²) in [5.74, 6) is 1.46. The van der Waals surface area contributed by atoms with Gasteiger partial charge in [-0.05, 0) is 12.1 Å². The minimum absolute atomic E-state index is 0.00802. The van der Waals surface area contributed by atoms with Crippen LogP contribution in [0, 0.1) is 0 Å². The average molecular weight is 328 g/mol. The number of pyridine rings is 1. The van der Waals surface area contributed by atoms with Crippen molar-refractivity contribution < 1.29 is 9.53 Å². The molecule has 24 heavy (non-hydrogen) atoms. The molecule has 0 saturated heterocycles. The number of aromatic nitrogens is 3. The van der Waals surface area contributed by atoms with Crippen molar-refractivity contribution in [3.05, 3.63) is 36.4 Å². The lowest BCUT2D eigenvalue weighted by Gasteiger charge is -2.21. The Balaban J connectivity index is 1.96. The second-order valence-corrected chi connectivity index (χ2v) is 5.49. The highest BCUT2D eigenvalue weighted by atomic mass is 16.5. The van der Waals surface area contributed by atoms with Crippen molar-refractivity contribution in [2.75, 3.05) is 49.0 Å². The Morgan fingerprint density at radius 3 is 2.96 bits per heavy atom. The monoisotopic (exact) mass is 328 g/mol. The van der Waals surface area contributed by atoms with Gasteiger partial charge in [-0.15, -0.1) is 0 Å². The van der Waals surface area contributed by atoms with E-state index in [1.165, 1.54) is 6.33 Å². The van der Waals surface area contributed by atoms with E-state index in [2.05, 4.69) is 20.3 Å². The van der Waals surface area contributed by atoms with Gasteiger partial charge in [0.05, 0.1) is 37.1 Å². The first-order valence-electron chi connectivity index (χ1n) is 7.69. The average Bonchev–Trinajstić information content (AvgIpc) is 2.73. The zero-order valence-corrected chi connectivity index (χ0v) is 13.8. The molecule has 1 aliphatic rings. The largest absolute Gasteiger partial charge is 0.383 e. The van der Waals surface area contributed by atoms with Gasteiger partial charge in [-0.25, -0.2) is 9.97 Å². The maximum atomic E-state index is 12.6. The molecule has 0 aromatic carbocycles. The third kappa shape index (κ3) is 3.28. The summed E-state index contributed by atoms with van der Waals surface area (Å²) in [6, 6.07) is 3.69. The summed E-state index contributed by atoms with van der Waals surface area (Å²) in [7, 11) is 3.51. The van der Waals surface area contributed by atoms with E-state index in [1.54, 1.807) is 24.4 Å². The van der Waals surface area contributed by atoms with Crippen LogP contribution in [-0.4, -0.2) is 54.7 Å². The van der Waals surface area contributed by atoms with Crippen LogP contribution in [0.5, 0.6) is 0 Å². The van der Waals surface area contributed by atoms with Crippen molar-refractivity contribution in [2.24, 2.45) is 0 Å². The molecule has 3 rings (SSSR count). The van der Waals surface area contributed by atoms with E-state index in [9.17, 15) is 4.79 Å². The molecule has 126 valence electrons. The Morgan fingerprint density at radius 1 is 1.33 bits per heavy atom. The summed E-state index contributed by atoms with van der Waals surface area (Å²) >= 11 is 0. The number of amides is 1. The molecular formula is C16H20N6O2. The Hall–Kier alpha value is -2.74. The fourth-order valence-corrected chi connectivity index (χ4v) is 2.66. The van der Waals surface area contributed by atoms with E-state index in [1.807, 2.05) is 24.1 Å². The Labute approximate surface area is 140 Å². The molecule has 0 spiro atoms. The van der Waals surface area contributed by atoms with Gasteiger partial charge in [-0.1, -0.05) is 0 Å². The number of nitrogens with zero attached hydrogens (tertiary/aromatic N) is 5. The zero-order chi connectivity index (χ0) is 16.9. The fourth-order valence-electron chi connectivity index (χ4n) is 2.66. The van der Waals surface area contributed by atoms with Gasteiger partial charge >= 0.3 is 0 Å². The molecule has 1 amide bonds. The molecule has 0 aliphatic carbocycles. The van der Waals surface area contributed by atoms with Crippen molar-refractivity contribution in [1.29, 1.82) is 0 Å². The molecule has 0 fully saturated rings. The first-order chi connectivity index (χ1) is 11.7. The van der Waals surface area contributed by atoms with Crippen LogP contribution in [0.25, 0.3) is 0 Å². The lowest BCUT2D eigenvalue weighted by atomic mass is 10.2. The molecule has 2 aromatic heterocycles. The summed E-state index contributed by atoms with van der Waals surface area (Å²) in [6.45, 7) is 1.83. The highest BCUT2D eigenvalue weighted by Gasteiger charge is 2.28. The summed E-state index contributed by atoms with van der Waals surface area (Å²) in [4.78, 5) is 29.0. The summed E-state index contributed by atoms with van der Waals surface area (Å²) in [5.41, 5.74) is 1.64. The maximum Gasteiger partial charge on any atom is 0.246 e. The van der Waals surface area contributed by atoms with E-state index in [0.717, 1.165) is 17.1 Å². The SMILES string of the molecule is COCCNc1ncnc2c1CN(c1cccnc1)C(=O)CN2C. The predicted molar refractivity (Wildman–Crippen MR) is 91.1 cm³/mol. The number of carbonyl (C=O) groups is 1. The molecule has 1 aliphatic heterocycles. The summed E-state index contributed by atoms with van der Waals surface area (Å²) in [5, 5.41) is 3.25. The van der Waals surface area contributed by atoms with Gasteiger partial charge in [0.15, 0.2) is 0 Å². The molecule has 0 bridgehead atoms. The molecule has 0 atom stereocenters. The third-order valence-electron chi connectivity index (χ3n) is 3.83. The number of methoxy groups -OCH3 is 1. The van der Waals surface area contributed by atoms with Gasteiger partial charge in [-0.2, -0.15) is 0 Å². The van der Waals surface area contributed by atoms with E-state index in [-0.39, 0.29) is 12.5 Å². The standard InChI is InChI=1S/C16H20N6O2/c1-21-10-14(23)22(12-4-3-5-17-8-12)9-13-15(18-6-7-24-2)19-11-20-16(13)21/h3-5,8,11H,6-7,9-10H2,1-2H3,(H,18,19,20). The number of fused-ring (bicyclic) bond motifs is 1. The normalized spacial score (nSPS) is 14.3. The van der Waals surface area contributed by atoms with Gasteiger partial charge < -0.3 is 19.9 Å². The minimum Gasteiger partial charge on any atom is -0.383 e. The first-order valence-corrected chi connectivity index (χ1v) is 7.69. The van der Waals surface area contributed by atoms with Gasteiger partial charge in [0.25, 0.3) is 0 Å². The van der Waals surface area contributed by atoms with Crippen LogP contribution in [0.3, 0.4) is 0 Å². The number of rotatable bonds is 5. The zero-order valence-electron chi connectivity index (χ0n) is 13.8. The third-order valence-corrected chi connectivity index (χ3v) is 3.83. The molecule has 0 saturated carbocycles. The Morgan fingerprint density at radius 2 is 2.21 bits per heavy atom. The second-order valence-electron chi connectivity index (χ2n) is 5.49. The van der Waals surface area contributed by atoms with Gasteiger partial charge in [0, 0.05) is 26.9 Å². The molecular weight excluding hydrogens is 308 g/mol. The van der Waals surface area contributed by atoms with Gasteiger partial charge in [0.1, 0.15) is 18.0 Å². The second kappa shape index (κ2) is 7.22. The molecule has 1 N–H and O–H groups in total. The van der Waals surface area contributed by atoms with Gasteiger partial charge in [-0.3, -0.25) is 9.78 Å². The van der Waals surface area contributed by atoms with Crippen molar-refractivity contribution >= 4 is 23.2 Å². The summed E-state index contributed by atoms with van der Waals surface area (Å²) < 4.78 is 5.07. The quantitative estimate of drug-likeness (QED) is 0.817. The molecule has 0 unspecified atom stereocenters. The number of ether oxygens (including phenoxy) is 1. The number of hydrogen-bond acceptors (Lipinski definition) is 7. The van der Waals surface area contributed by atoms with Crippen LogP contribution in [0.2, 0.25) is 0 Å². The Kier molecular flexibility index (Phi) is 4.85. The van der Waals surface area contributed by atoms with E-state index >= 15 is 0 Å². The topological polar surface area (TPSA) is 83.5 Å². The van der Waals surface area contributed by atoms with Crippen molar-refractivity contribution in [3.63, 3.8) is 0 Å². The first kappa shape index (κ1) is 16.1. The fraction of sp³-hybridized carbons (Fsp3) is 0.375. The van der Waals surface area contributed by atoms with Crippen LogP contribution in [-0.2, 0) is 16.1 Å². The van der Waals surface area contributed by atoms with E-state index < -0.39 is 0 Å². The molecule has 8 heteroatoms. The van der Waals surface area contributed by atoms with Crippen LogP contribution in [0.1, 0.15) is 5.56 Å².